The minimum atomic E-state index is -0.930. The highest BCUT2D eigenvalue weighted by Crippen LogP contribution is 2.24. The Morgan fingerprint density at radius 2 is 2.00 bits per heavy atom. The molecule has 6 nitrogen and oxygen atoms in total. The third kappa shape index (κ3) is 6.44. The SMILES string of the molecule is CCNC(=NCc1ccc(N2CCCCCC2)nc1)NCC(C)(O)c1cccs1. The minimum Gasteiger partial charge on any atom is -0.383 e. The lowest BCUT2D eigenvalue weighted by molar-refractivity contribution is 0.0655. The van der Waals surface area contributed by atoms with E-state index in [-0.39, 0.29) is 0 Å². The quantitative estimate of drug-likeness (QED) is 0.477. The van der Waals surface area contributed by atoms with Crippen molar-refractivity contribution in [2.24, 2.45) is 4.99 Å². The molecule has 0 aromatic carbocycles. The molecular formula is C22H33N5OS. The molecular weight excluding hydrogens is 382 g/mol. The summed E-state index contributed by atoms with van der Waals surface area (Å²) in [5.41, 5.74) is 0.145. The first kappa shape index (κ1) is 21.6. The number of hydrogen-bond acceptors (Lipinski definition) is 5. The molecule has 0 bridgehead atoms. The van der Waals surface area contributed by atoms with Crippen LogP contribution in [0.4, 0.5) is 5.82 Å². The predicted octanol–water partition coefficient (Wildman–Crippen LogP) is 3.49. The smallest absolute Gasteiger partial charge is 0.191 e. The number of nitrogens with one attached hydrogen (secondary N) is 2. The molecule has 3 N–H and O–H groups in total. The van der Waals surface area contributed by atoms with Crippen molar-refractivity contribution in [3.05, 3.63) is 46.3 Å². The van der Waals surface area contributed by atoms with Crippen LogP contribution >= 0.6 is 11.3 Å². The van der Waals surface area contributed by atoms with Gasteiger partial charge in [0, 0.05) is 30.7 Å². The number of guanidine groups is 1. The van der Waals surface area contributed by atoms with Gasteiger partial charge in [-0.15, -0.1) is 11.3 Å². The second kappa shape index (κ2) is 10.6. The van der Waals surface area contributed by atoms with E-state index in [0.717, 1.165) is 35.9 Å². The van der Waals surface area contributed by atoms with E-state index >= 15 is 0 Å². The average molecular weight is 416 g/mol. The average Bonchev–Trinajstić information content (AvgIpc) is 3.15. The summed E-state index contributed by atoms with van der Waals surface area (Å²) in [6.45, 7) is 7.76. The molecule has 3 heterocycles. The zero-order valence-corrected chi connectivity index (χ0v) is 18.3. The number of hydrogen-bond donors (Lipinski definition) is 3. The van der Waals surface area contributed by atoms with Gasteiger partial charge in [0.2, 0.25) is 0 Å². The first-order chi connectivity index (χ1) is 14.1. The Labute approximate surface area is 178 Å². The Morgan fingerprint density at radius 3 is 2.62 bits per heavy atom. The van der Waals surface area contributed by atoms with E-state index in [1.54, 1.807) is 11.3 Å². The van der Waals surface area contributed by atoms with Gasteiger partial charge < -0.3 is 20.6 Å². The predicted molar refractivity (Wildman–Crippen MR) is 122 cm³/mol. The fourth-order valence-electron chi connectivity index (χ4n) is 3.44. The fourth-order valence-corrected chi connectivity index (χ4v) is 4.22. The maximum absolute atomic E-state index is 10.7. The van der Waals surface area contributed by atoms with Crippen LogP contribution in [-0.2, 0) is 12.1 Å². The van der Waals surface area contributed by atoms with Crippen LogP contribution in [0.5, 0.6) is 0 Å². The van der Waals surface area contributed by atoms with Crippen LogP contribution in [0.25, 0.3) is 0 Å². The van der Waals surface area contributed by atoms with Crippen molar-refractivity contribution in [3.8, 4) is 0 Å². The zero-order chi connectivity index (χ0) is 20.5. The third-order valence-corrected chi connectivity index (χ3v) is 6.28. The Balaban J connectivity index is 1.58. The second-order valence-corrected chi connectivity index (χ2v) is 8.67. The van der Waals surface area contributed by atoms with E-state index in [2.05, 4.69) is 37.6 Å². The summed E-state index contributed by atoms with van der Waals surface area (Å²) in [6.07, 6.45) is 7.07. The standard InChI is InChI=1S/C22H33N5OS/c1-3-23-21(26-17-22(2,28)19-9-8-14-29-19)25-16-18-10-11-20(24-15-18)27-12-6-4-5-7-13-27/h8-11,14-15,28H,3-7,12-13,16-17H2,1-2H3,(H2,23,25,26). The molecule has 1 aliphatic heterocycles. The van der Waals surface area contributed by atoms with E-state index in [0.29, 0.717) is 19.0 Å². The molecule has 29 heavy (non-hydrogen) atoms. The molecule has 3 rings (SSSR count). The van der Waals surface area contributed by atoms with E-state index < -0.39 is 5.60 Å². The molecule has 1 unspecified atom stereocenters. The largest absolute Gasteiger partial charge is 0.383 e. The number of pyridine rings is 1. The van der Waals surface area contributed by atoms with Crippen molar-refractivity contribution in [2.45, 2.75) is 51.7 Å². The first-order valence-electron chi connectivity index (χ1n) is 10.6. The van der Waals surface area contributed by atoms with Crippen LogP contribution in [0, 0.1) is 0 Å². The van der Waals surface area contributed by atoms with Gasteiger partial charge in [0.05, 0.1) is 13.1 Å². The van der Waals surface area contributed by atoms with Crippen molar-refractivity contribution >= 4 is 23.1 Å². The molecule has 1 saturated heterocycles. The third-order valence-electron chi connectivity index (χ3n) is 5.16. The number of aromatic nitrogens is 1. The molecule has 0 saturated carbocycles. The summed E-state index contributed by atoms with van der Waals surface area (Å²) < 4.78 is 0. The highest BCUT2D eigenvalue weighted by atomic mass is 32.1. The molecule has 7 heteroatoms. The highest BCUT2D eigenvalue weighted by molar-refractivity contribution is 7.10. The number of aliphatic hydroxyl groups is 1. The van der Waals surface area contributed by atoms with Gasteiger partial charge in [0.25, 0.3) is 0 Å². The van der Waals surface area contributed by atoms with Gasteiger partial charge in [0.1, 0.15) is 11.4 Å². The Hall–Kier alpha value is -2.12. The number of thiophene rings is 1. The molecule has 1 aliphatic rings. The molecule has 1 atom stereocenters. The lowest BCUT2D eigenvalue weighted by atomic mass is 10.1. The molecule has 158 valence electrons. The molecule has 2 aromatic heterocycles. The van der Waals surface area contributed by atoms with Crippen LogP contribution in [-0.4, -0.2) is 42.2 Å². The fraction of sp³-hybridized carbons (Fsp3) is 0.545. The number of rotatable bonds is 7. The lowest BCUT2D eigenvalue weighted by Crippen LogP contribution is -2.44. The van der Waals surface area contributed by atoms with Gasteiger partial charge in [-0.05, 0) is 49.8 Å². The molecule has 0 radical (unpaired) electrons. The highest BCUT2D eigenvalue weighted by Gasteiger charge is 2.24. The van der Waals surface area contributed by atoms with Crippen molar-refractivity contribution in [2.75, 3.05) is 31.1 Å². The van der Waals surface area contributed by atoms with Crippen LogP contribution in [0.15, 0.2) is 40.8 Å². The van der Waals surface area contributed by atoms with Gasteiger partial charge in [0.15, 0.2) is 5.96 Å². The van der Waals surface area contributed by atoms with Crippen molar-refractivity contribution < 1.29 is 5.11 Å². The van der Waals surface area contributed by atoms with E-state index in [1.807, 2.05) is 37.6 Å². The normalized spacial score (nSPS) is 17.5. The van der Waals surface area contributed by atoms with Gasteiger partial charge in [-0.3, -0.25) is 0 Å². The molecule has 1 fully saturated rings. The summed E-state index contributed by atoms with van der Waals surface area (Å²) in [6, 6.07) is 8.13. The summed E-state index contributed by atoms with van der Waals surface area (Å²) in [4.78, 5) is 12.6. The molecule has 0 amide bonds. The maximum atomic E-state index is 10.7. The molecule has 2 aromatic rings. The lowest BCUT2D eigenvalue weighted by Gasteiger charge is -2.23. The Kier molecular flexibility index (Phi) is 7.89. The van der Waals surface area contributed by atoms with Gasteiger partial charge >= 0.3 is 0 Å². The summed E-state index contributed by atoms with van der Waals surface area (Å²) in [7, 11) is 0. The van der Waals surface area contributed by atoms with Gasteiger partial charge in [-0.25, -0.2) is 9.98 Å². The minimum absolute atomic E-state index is 0.394. The topological polar surface area (TPSA) is 72.8 Å². The zero-order valence-electron chi connectivity index (χ0n) is 17.5. The van der Waals surface area contributed by atoms with Crippen molar-refractivity contribution in [3.63, 3.8) is 0 Å². The van der Waals surface area contributed by atoms with E-state index in [1.165, 1.54) is 25.7 Å². The molecule has 0 aliphatic carbocycles. The Bertz CT molecular complexity index is 750. The second-order valence-electron chi connectivity index (χ2n) is 7.73. The molecule has 0 spiro atoms. The van der Waals surface area contributed by atoms with Crippen LogP contribution in [0.2, 0.25) is 0 Å². The van der Waals surface area contributed by atoms with Crippen molar-refractivity contribution in [1.29, 1.82) is 0 Å². The first-order valence-corrected chi connectivity index (χ1v) is 11.4. The van der Waals surface area contributed by atoms with E-state index in [4.69, 9.17) is 0 Å². The summed E-state index contributed by atoms with van der Waals surface area (Å²) in [5.74, 6) is 1.76. The van der Waals surface area contributed by atoms with Crippen molar-refractivity contribution in [1.82, 2.24) is 15.6 Å². The number of nitrogens with zero attached hydrogens (tertiary/aromatic N) is 3. The maximum Gasteiger partial charge on any atom is 0.191 e. The van der Waals surface area contributed by atoms with Crippen LogP contribution in [0.3, 0.4) is 0 Å². The number of anilines is 1. The van der Waals surface area contributed by atoms with Crippen LogP contribution < -0.4 is 15.5 Å². The van der Waals surface area contributed by atoms with Gasteiger partial charge in [-0.1, -0.05) is 25.0 Å². The summed E-state index contributed by atoms with van der Waals surface area (Å²) >= 11 is 1.56. The Morgan fingerprint density at radius 1 is 1.21 bits per heavy atom. The number of aliphatic imine (C=N–C) groups is 1. The van der Waals surface area contributed by atoms with Crippen LogP contribution in [0.1, 0.15) is 50.0 Å². The summed E-state index contributed by atoms with van der Waals surface area (Å²) in [5, 5.41) is 19.2. The monoisotopic (exact) mass is 415 g/mol. The van der Waals surface area contributed by atoms with Gasteiger partial charge in [-0.2, -0.15) is 0 Å². The van der Waals surface area contributed by atoms with E-state index in [9.17, 15) is 5.11 Å².